The third kappa shape index (κ3) is 5.64. The Bertz CT molecular complexity index is 392. The van der Waals surface area contributed by atoms with Gasteiger partial charge in [-0.1, -0.05) is 0 Å². The third-order valence-corrected chi connectivity index (χ3v) is 2.79. The molecule has 0 spiro atoms. The summed E-state index contributed by atoms with van der Waals surface area (Å²) in [6, 6.07) is 7.53. The zero-order valence-electron chi connectivity index (χ0n) is 9.50. The van der Waals surface area contributed by atoms with Gasteiger partial charge in [0.05, 0.1) is 0 Å². The summed E-state index contributed by atoms with van der Waals surface area (Å²) in [5.41, 5.74) is 0.767. The average Bonchev–Trinajstić information content (AvgIpc) is 2.32. The fourth-order valence-corrected chi connectivity index (χ4v) is 1.54. The van der Waals surface area contributed by atoms with Gasteiger partial charge in [-0.2, -0.15) is 0 Å². The molecule has 0 saturated carbocycles. The Balaban J connectivity index is 2.30. The molecule has 0 radical (unpaired) electrons. The van der Waals surface area contributed by atoms with Crippen molar-refractivity contribution >= 4 is 40.1 Å². The van der Waals surface area contributed by atoms with Crippen molar-refractivity contribution in [3.63, 3.8) is 0 Å². The molecule has 1 aromatic rings. The van der Waals surface area contributed by atoms with Crippen LogP contribution in [-0.4, -0.2) is 32.0 Å². The Morgan fingerprint density at radius 2 is 1.76 bits per heavy atom. The zero-order valence-corrected chi connectivity index (χ0v) is 11.7. The van der Waals surface area contributed by atoms with Crippen LogP contribution in [-0.2, 0) is 9.59 Å². The van der Waals surface area contributed by atoms with Crippen molar-refractivity contribution in [2.75, 3.05) is 25.5 Å². The first-order valence-electron chi connectivity index (χ1n) is 5.19. The lowest BCUT2D eigenvalue weighted by molar-refractivity contribution is -0.632. The van der Waals surface area contributed by atoms with Crippen LogP contribution in [0.5, 0.6) is 0 Å². The van der Waals surface area contributed by atoms with E-state index in [1.807, 2.05) is 24.3 Å². The van der Waals surface area contributed by atoms with Crippen molar-refractivity contribution < 1.29 is 14.9 Å². The number of halogens is 1. The number of carbonyl (C=O) groups is 2. The number of anilines is 1. The van der Waals surface area contributed by atoms with Crippen molar-refractivity contribution in [3.05, 3.63) is 27.8 Å². The van der Waals surface area contributed by atoms with Gasteiger partial charge in [0.15, 0.2) is 13.1 Å². The highest BCUT2D eigenvalue weighted by molar-refractivity contribution is 14.1. The fraction of sp³-hybridized carbons (Fsp3) is 0.273. The highest BCUT2D eigenvalue weighted by atomic mass is 127. The molecule has 0 heterocycles. The van der Waals surface area contributed by atoms with Gasteiger partial charge in [-0.3, -0.25) is 9.59 Å². The van der Waals surface area contributed by atoms with Crippen molar-refractivity contribution in [2.24, 2.45) is 0 Å². The minimum atomic E-state index is -0.116. The number of amides is 2. The summed E-state index contributed by atoms with van der Waals surface area (Å²) in [4.78, 5) is 22.4. The number of carbonyl (C=O) groups excluding carboxylic acids is 2. The van der Waals surface area contributed by atoms with Gasteiger partial charge in [0.1, 0.15) is 0 Å². The molecule has 4 N–H and O–H groups in total. The minimum Gasteiger partial charge on any atom is -0.354 e. The highest BCUT2D eigenvalue weighted by Crippen LogP contribution is 2.10. The predicted octanol–water partition coefficient (Wildman–Crippen LogP) is -0.461. The number of hydrogen-bond donors (Lipinski definition) is 3. The SMILES string of the molecule is CNC(=O)C[NH2+]CC(=O)Nc1ccc(I)cc1. The molecule has 0 aromatic heterocycles. The number of likely N-dealkylation sites (N-methyl/N-ethyl adjacent to an activating group) is 1. The van der Waals surface area contributed by atoms with E-state index in [1.165, 1.54) is 0 Å². The lowest BCUT2D eigenvalue weighted by Gasteiger charge is -2.04. The first kappa shape index (κ1) is 13.9. The van der Waals surface area contributed by atoms with Gasteiger partial charge in [-0.05, 0) is 46.9 Å². The fourth-order valence-electron chi connectivity index (χ4n) is 1.18. The van der Waals surface area contributed by atoms with Crippen LogP contribution in [0.2, 0.25) is 0 Å². The number of quaternary nitrogens is 1. The molecule has 92 valence electrons. The van der Waals surface area contributed by atoms with Crippen molar-refractivity contribution in [3.8, 4) is 0 Å². The van der Waals surface area contributed by atoms with E-state index in [4.69, 9.17) is 0 Å². The van der Waals surface area contributed by atoms with Crippen molar-refractivity contribution in [1.29, 1.82) is 0 Å². The number of nitrogens with one attached hydrogen (secondary N) is 2. The predicted molar refractivity (Wildman–Crippen MR) is 73.5 cm³/mol. The van der Waals surface area contributed by atoms with Gasteiger partial charge in [0.25, 0.3) is 11.8 Å². The van der Waals surface area contributed by atoms with Crippen molar-refractivity contribution in [2.45, 2.75) is 0 Å². The van der Waals surface area contributed by atoms with E-state index in [2.05, 4.69) is 33.2 Å². The molecule has 0 aliphatic heterocycles. The summed E-state index contributed by atoms with van der Waals surface area (Å²) >= 11 is 2.20. The number of hydrogen-bond acceptors (Lipinski definition) is 2. The van der Waals surface area contributed by atoms with E-state index < -0.39 is 0 Å². The van der Waals surface area contributed by atoms with Crippen LogP contribution in [0.4, 0.5) is 5.69 Å². The molecule has 0 bridgehead atoms. The Morgan fingerprint density at radius 3 is 2.35 bits per heavy atom. The summed E-state index contributed by atoms with van der Waals surface area (Å²) < 4.78 is 1.12. The average molecular weight is 348 g/mol. The van der Waals surface area contributed by atoms with Gasteiger partial charge in [0.2, 0.25) is 0 Å². The molecule has 0 aliphatic rings. The Kier molecular flexibility index (Phi) is 5.92. The Morgan fingerprint density at radius 1 is 1.18 bits per heavy atom. The molecule has 5 nitrogen and oxygen atoms in total. The highest BCUT2D eigenvalue weighted by Gasteiger charge is 2.06. The molecular weight excluding hydrogens is 333 g/mol. The quantitative estimate of drug-likeness (QED) is 0.630. The molecule has 0 fully saturated rings. The van der Waals surface area contributed by atoms with E-state index in [9.17, 15) is 9.59 Å². The maximum Gasteiger partial charge on any atom is 0.279 e. The molecule has 6 heteroatoms. The molecule has 0 unspecified atom stereocenters. The van der Waals surface area contributed by atoms with E-state index in [-0.39, 0.29) is 24.9 Å². The molecule has 0 atom stereocenters. The summed E-state index contributed by atoms with van der Waals surface area (Å²) in [6.07, 6.45) is 0. The first-order chi connectivity index (χ1) is 8.11. The third-order valence-electron chi connectivity index (χ3n) is 2.07. The second kappa shape index (κ2) is 7.23. The van der Waals surface area contributed by atoms with Crippen LogP contribution in [0.3, 0.4) is 0 Å². The van der Waals surface area contributed by atoms with Gasteiger partial charge < -0.3 is 16.0 Å². The monoisotopic (exact) mass is 348 g/mol. The molecule has 1 aromatic carbocycles. The second-order valence-electron chi connectivity index (χ2n) is 3.43. The standard InChI is InChI=1S/C11H14IN3O2/c1-13-10(16)6-14-7-11(17)15-9-4-2-8(12)3-5-9/h2-5,14H,6-7H2,1H3,(H,13,16)(H,15,17)/p+1. The molecule has 1 rings (SSSR count). The topological polar surface area (TPSA) is 74.8 Å². The number of nitrogens with two attached hydrogens (primary N) is 1. The Hall–Kier alpha value is -1.15. The largest absolute Gasteiger partial charge is 0.354 e. The zero-order chi connectivity index (χ0) is 12.7. The molecule has 17 heavy (non-hydrogen) atoms. The summed E-state index contributed by atoms with van der Waals surface area (Å²) in [6.45, 7) is 0.496. The maximum absolute atomic E-state index is 11.5. The first-order valence-corrected chi connectivity index (χ1v) is 6.27. The van der Waals surface area contributed by atoms with Crippen LogP contribution in [0, 0.1) is 3.57 Å². The van der Waals surface area contributed by atoms with E-state index in [0.29, 0.717) is 0 Å². The maximum atomic E-state index is 11.5. The normalized spacial score (nSPS) is 9.76. The smallest absolute Gasteiger partial charge is 0.279 e. The van der Waals surface area contributed by atoms with Crippen LogP contribution in [0.15, 0.2) is 24.3 Å². The molecule has 0 saturated heterocycles. The minimum absolute atomic E-state index is 0.0907. The van der Waals surface area contributed by atoms with E-state index >= 15 is 0 Å². The van der Waals surface area contributed by atoms with E-state index in [1.54, 1.807) is 12.4 Å². The lowest BCUT2D eigenvalue weighted by atomic mass is 10.3. The lowest BCUT2D eigenvalue weighted by Crippen LogP contribution is -2.88. The van der Waals surface area contributed by atoms with Crippen LogP contribution < -0.4 is 16.0 Å². The van der Waals surface area contributed by atoms with Gasteiger partial charge in [-0.15, -0.1) is 0 Å². The summed E-state index contributed by atoms with van der Waals surface area (Å²) in [7, 11) is 1.57. The molecular formula is C11H15IN3O2+. The van der Waals surface area contributed by atoms with Crippen LogP contribution in [0.25, 0.3) is 0 Å². The number of rotatable bonds is 5. The van der Waals surface area contributed by atoms with Gasteiger partial charge in [-0.25, -0.2) is 0 Å². The Labute approximate surface area is 113 Å². The van der Waals surface area contributed by atoms with Crippen molar-refractivity contribution in [1.82, 2.24) is 5.32 Å². The van der Waals surface area contributed by atoms with Gasteiger partial charge >= 0.3 is 0 Å². The van der Waals surface area contributed by atoms with E-state index in [0.717, 1.165) is 9.26 Å². The second-order valence-corrected chi connectivity index (χ2v) is 4.67. The van der Waals surface area contributed by atoms with Crippen LogP contribution >= 0.6 is 22.6 Å². The van der Waals surface area contributed by atoms with Crippen LogP contribution in [0.1, 0.15) is 0 Å². The summed E-state index contributed by atoms with van der Waals surface area (Å²) in [5.74, 6) is -0.206. The van der Waals surface area contributed by atoms with Gasteiger partial charge in [0, 0.05) is 16.3 Å². The number of benzene rings is 1. The molecule has 0 aliphatic carbocycles. The molecule has 2 amide bonds. The summed E-state index contributed by atoms with van der Waals surface area (Å²) in [5, 5.41) is 6.90.